The Kier molecular flexibility index (Phi) is 5.51. The van der Waals surface area contributed by atoms with Gasteiger partial charge in [-0.05, 0) is 26.0 Å². The molecule has 0 unspecified atom stereocenters. The first-order valence-corrected chi connectivity index (χ1v) is 7.39. The summed E-state index contributed by atoms with van der Waals surface area (Å²) in [5, 5.41) is 7.57. The van der Waals surface area contributed by atoms with Crippen LogP contribution in [0.25, 0.3) is 11.0 Å². The largest absolute Gasteiger partial charge is 0.449 e. The third kappa shape index (κ3) is 3.29. The molecular formula is C16H18Cl2N2O2. The van der Waals surface area contributed by atoms with Gasteiger partial charge in [-0.1, -0.05) is 35.4 Å². The number of rotatable bonds is 3. The fourth-order valence-corrected chi connectivity index (χ4v) is 2.74. The molecule has 2 N–H and O–H groups in total. The van der Waals surface area contributed by atoms with E-state index in [-0.39, 0.29) is 18.3 Å². The van der Waals surface area contributed by atoms with E-state index in [0.717, 1.165) is 30.5 Å². The van der Waals surface area contributed by atoms with Crippen LogP contribution in [0.1, 0.15) is 22.5 Å². The number of furan rings is 1. The summed E-state index contributed by atoms with van der Waals surface area (Å²) in [6.07, 6.45) is 3.08. The first-order chi connectivity index (χ1) is 10.2. The van der Waals surface area contributed by atoms with Crippen LogP contribution in [0.15, 0.2) is 34.3 Å². The average Bonchev–Trinajstić information content (AvgIpc) is 2.85. The number of nitrogens with one attached hydrogen (secondary N) is 2. The van der Waals surface area contributed by atoms with Gasteiger partial charge in [0.15, 0.2) is 11.3 Å². The average molecular weight is 341 g/mol. The maximum atomic E-state index is 12.3. The molecule has 0 radical (unpaired) electrons. The highest BCUT2D eigenvalue weighted by molar-refractivity contribution is 6.35. The lowest BCUT2D eigenvalue weighted by molar-refractivity contribution is 0.0930. The van der Waals surface area contributed by atoms with Crippen LogP contribution in [-0.2, 0) is 0 Å². The molecule has 118 valence electrons. The van der Waals surface area contributed by atoms with Gasteiger partial charge in [0, 0.05) is 24.0 Å². The highest BCUT2D eigenvalue weighted by Gasteiger charge is 2.19. The van der Waals surface area contributed by atoms with Crippen LogP contribution >= 0.6 is 24.0 Å². The Hall–Kier alpha value is -1.49. The topological polar surface area (TPSA) is 54.3 Å². The van der Waals surface area contributed by atoms with Crippen LogP contribution in [0.5, 0.6) is 0 Å². The monoisotopic (exact) mass is 340 g/mol. The second-order valence-corrected chi connectivity index (χ2v) is 5.58. The molecule has 0 atom stereocenters. The van der Waals surface area contributed by atoms with E-state index in [0.29, 0.717) is 22.9 Å². The third-order valence-electron chi connectivity index (χ3n) is 3.76. The van der Waals surface area contributed by atoms with E-state index in [1.165, 1.54) is 5.57 Å². The summed E-state index contributed by atoms with van der Waals surface area (Å²) in [5.41, 5.74) is 2.64. The lowest BCUT2D eigenvalue weighted by Crippen LogP contribution is -2.29. The summed E-state index contributed by atoms with van der Waals surface area (Å²) in [4.78, 5) is 12.3. The Labute approximate surface area is 140 Å². The summed E-state index contributed by atoms with van der Waals surface area (Å²) in [7, 11) is 0. The van der Waals surface area contributed by atoms with Gasteiger partial charge < -0.3 is 15.1 Å². The van der Waals surface area contributed by atoms with Gasteiger partial charge in [0.25, 0.3) is 5.91 Å². The molecular weight excluding hydrogens is 323 g/mol. The zero-order valence-electron chi connectivity index (χ0n) is 12.2. The van der Waals surface area contributed by atoms with Crippen molar-refractivity contribution in [2.45, 2.75) is 13.3 Å². The summed E-state index contributed by atoms with van der Waals surface area (Å²) in [5.74, 6) is 0.145. The summed E-state index contributed by atoms with van der Waals surface area (Å²) < 4.78 is 5.66. The van der Waals surface area contributed by atoms with Crippen molar-refractivity contribution >= 4 is 40.9 Å². The molecule has 22 heavy (non-hydrogen) atoms. The molecule has 0 saturated heterocycles. The van der Waals surface area contributed by atoms with Gasteiger partial charge >= 0.3 is 0 Å². The smallest absolute Gasteiger partial charge is 0.287 e. The van der Waals surface area contributed by atoms with Gasteiger partial charge in [-0.3, -0.25) is 4.79 Å². The Morgan fingerprint density at radius 2 is 2.27 bits per heavy atom. The minimum atomic E-state index is -0.195. The van der Waals surface area contributed by atoms with Crippen molar-refractivity contribution in [3.05, 3.63) is 46.2 Å². The number of hydrogen-bond donors (Lipinski definition) is 2. The molecule has 1 aliphatic rings. The minimum absolute atomic E-state index is 0. The third-order valence-corrected chi connectivity index (χ3v) is 4.05. The summed E-state index contributed by atoms with van der Waals surface area (Å²) in [6, 6.07) is 5.52. The molecule has 0 aliphatic carbocycles. The van der Waals surface area contributed by atoms with Crippen molar-refractivity contribution in [2.24, 2.45) is 0 Å². The molecule has 0 spiro atoms. The van der Waals surface area contributed by atoms with E-state index in [1.54, 1.807) is 6.07 Å². The molecule has 1 aliphatic heterocycles. The first kappa shape index (κ1) is 16.9. The van der Waals surface area contributed by atoms with Crippen molar-refractivity contribution in [1.29, 1.82) is 0 Å². The SMILES string of the molecule is Cc1c(C(=O)NCC2=CCNCC2)oc2c(Cl)cccc12.Cl. The Bertz CT molecular complexity index is 722. The van der Waals surface area contributed by atoms with E-state index in [4.69, 9.17) is 16.0 Å². The fraction of sp³-hybridized carbons (Fsp3) is 0.312. The number of aryl methyl sites for hydroxylation is 1. The number of halogens is 2. The van der Waals surface area contributed by atoms with Crippen molar-refractivity contribution in [3.8, 4) is 0 Å². The van der Waals surface area contributed by atoms with Gasteiger partial charge in [0.1, 0.15) is 0 Å². The predicted molar refractivity (Wildman–Crippen MR) is 91.1 cm³/mol. The van der Waals surface area contributed by atoms with Crippen LogP contribution < -0.4 is 10.6 Å². The predicted octanol–water partition coefficient (Wildman–Crippen LogP) is 3.47. The maximum Gasteiger partial charge on any atom is 0.287 e. The molecule has 4 nitrogen and oxygen atoms in total. The second kappa shape index (κ2) is 7.18. The minimum Gasteiger partial charge on any atom is -0.449 e. The molecule has 0 bridgehead atoms. The van der Waals surface area contributed by atoms with Crippen LogP contribution in [0.4, 0.5) is 0 Å². The Morgan fingerprint density at radius 3 is 2.95 bits per heavy atom. The van der Waals surface area contributed by atoms with E-state index in [9.17, 15) is 4.79 Å². The van der Waals surface area contributed by atoms with Gasteiger partial charge in [0.2, 0.25) is 0 Å². The van der Waals surface area contributed by atoms with Crippen molar-refractivity contribution in [3.63, 3.8) is 0 Å². The standard InChI is InChI=1S/C16H17ClN2O2.ClH/c1-10-12-3-2-4-13(17)15(12)21-14(10)16(20)19-9-11-5-7-18-8-6-11;/h2-5,18H,6-9H2,1H3,(H,19,20);1H. The molecule has 1 amide bonds. The number of carbonyl (C=O) groups excluding carboxylic acids is 1. The number of hydrogen-bond acceptors (Lipinski definition) is 3. The molecule has 3 rings (SSSR count). The second-order valence-electron chi connectivity index (χ2n) is 5.17. The molecule has 1 aromatic carbocycles. The summed E-state index contributed by atoms with van der Waals surface area (Å²) >= 11 is 6.10. The van der Waals surface area contributed by atoms with Crippen molar-refractivity contribution < 1.29 is 9.21 Å². The highest BCUT2D eigenvalue weighted by Crippen LogP contribution is 2.30. The van der Waals surface area contributed by atoms with Crippen molar-refractivity contribution in [2.75, 3.05) is 19.6 Å². The molecule has 0 saturated carbocycles. The van der Waals surface area contributed by atoms with Gasteiger partial charge in [-0.15, -0.1) is 12.4 Å². The van der Waals surface area contributed by atoms with E-state index in [1.807, 2.05) is 19.1 Å². The zero-order chi connectivity index (χ0) is 14.8. The van der Waals surface area contributed by atoms with E-state index in [2.05, 4.69) is 16.7 Å². The quantitative estimate of drug-likeness (QED) is 0.841. The number of para-hydroxylation sites is 1. The van der Waals surface area contributed by atoms with Crippen LogP contribution in [0.3, 0.4) is 0 Å². The van der Waals surface area contributed by atoms with E-state index >= 15 is 0 Å². The van der Waals surface area contributed by atoms with Crippen LogP contribution in [0.2, 0.25) is 5.02 Å². The van der Waals surface area contributed by atoms with Gasteiger partial charge in [-0.25, -0.2) is 0 Å². The number of benzene rings is 1. The van der Waals surface area contributed by atoms with Crippen LogP contribution in [0, 0.1) is 6.92 Å². The van der Waals surface area contributed by atoms with Gasteiger partial charge in [0.05, 0.1) is 5.02 Å². The zero-order valence-corrected chi connectivity index (χ0v) is 13.8. The highest BCUT2D eigenvalue weighted by atomic mass is 35.5. The van der Waals surface area contributed by atoms with E-state index < -0.39 is 0 Å². The van der Waals surface area contributed by atoms with Gasteiger partial charge in [-0.2, -0.15) is 0 Å². The van der Waals surface area contributed by atoms with Crippen molar-refractivity contribution in [1.82, 2.24) is 10.6 Å². The lowest BCUT2D eigenvalue weighted by atomic mass is 10.1. The molecule has 1 aromatic heterocycles. The maximum absolute atomic E-state index is 12.3. The Morgan fingerprint density at radius 1 is 1.45 bits per heavy atom. The first-order valence-electron chi connectivity index (χ1n) is 7.01. The number of fused-ring (bicyclic) bond motifs is 1. The number of carbonyl (C=O) groups is 1. The molecule has 2 aromatic rings. The summed E-state index contributed by atoms with van der Waals surface area (Å²) in [6.45, 7) is 4.26. The molecule has 0 fully saturated rings. The fourth-order valence-electron chi connectivity index (χ4n) is 2.53. The number of amides is 1. The lowest BCUT2D eigenvalue weighted by Gasteiger charge is -2.14. The van der Waals surface area contributed by atoms with Crippen LogP contribution in [-0.4, -0.2) is 25.5 Å². The molecule has 2 heterocycles. The Balaban J connectivity index is 0.00000176. The molecule has 6 heteroatoms. The normalized spacial score (nSPS) is 14.4.